The Morgan fingerprint density at radius 2 is 2.40 bits per heavy atom. The number of hydrogen-bond donors (Lipinski definition) is 0. The Morgan fingerprint density at radius 1 is 1.60 bits per heavy atom. The van der Waals surface area contributed by atoms with Crippen molar-refractivity contribution in [3.8, 4) is 12.3 Å². The highest BCUT2D eigenvalue weighted by molar-refractivity contribution is 5.17. The SMILES string of the molecule is C#CC1(C)C=COCCO1. The molecule has 0 bridgehead atoms. The third-order valence-corrected chi connectivity index (χ3v) is 1.37. The van der Waals surface area contributed by atoms with Crippen LogP contribution in [-0.2, 0) is 9.47 Å². The van der Waals surface area contributed by atoms with Gasteiger partial charge in [-0.1, -0.05) is 5.92 Å². The van der Waals surface area contributed by atoms with Crippen molar-refractivity contribution in [1.29, 1.82) is 0 Å². The van der Waals surface area contributed by atoms with Gasteiger partial charge in [-0.05, 0) is 13.0 Å². The molecule has 1 rings (SSSR count). The van der Waals surface area contributed by atoms with E-state index < -0.39 is 5.60 Å². The van der Waals surface area contributed by atoms with Gasteiger partial charge >= 0.3 is 0 Å². The second kappa shape index (κ2) is 2.76. The average molecular weight is 138 g/mol. The zero-order valence-corrected chi connectivity index (χ0v) is 5.96. The summed E-state index contributed by atoms with van der Waals surface area (Å²) in [5.41, 5.74) is -0.573. The molecule has 10 heavy (non-hydrogen) atoms. The standard InChI is InChI=1S/C8H10O2/c1-3-8(2)4-5-9-6-7-10-8/h1,4-5H,6-7H2,2H3. The summed E-state index contributed by atoms with van der Waals surface area (Å²) in [6.07, 6.45) is 8.55. The lowest BCUT2D eigenvalue weighted by Gasteiger charge is -2.16. The van der Waals surface area contributed by atoms with Gasteiger partial charge in [0.1, 0.15) is 12.2 Å². The van der Waals surface area contributed by atoms with E-state index in [2.05, 4.69) is 5.92 Å². The van der Waals surface area contributed by atoms with Crippen LogP contribution in [0.25, 0.3) is 0 Å². The van der Waals surface area contributed by atoms with Crippen molar-refractivity contribution in [2.75, 3.05) is 13.2 Å². The molecule has 1 aliphatic heterocycles. The average Bonchev–Trinajstić information content (AvgIpc) is 2.15. The maximum absolute atomic E-state index is 5.29. The summed E-state index contributed by atoms with van der Waals surface area (Å²) in [6, 6.07) is 0. The molecule has 1 atom stereocenters. The second-order valence-corrected chi connectivity index (χ2v) is 2.27. The fourth-order valence-corrected chi connectivity index (χ4v) is 0.686. The zero-order valence-electron chi connectivity index (χ0n) is 5.96. The van der Waals surface area contributed by atoms with E-state index in [-0.39, 0.29) is 0 Å². The van der Waals surface area contributed by atoms with Gasteiger partial charge in [-0.25, -0.2) is 0 Å². The van der Waals surface area contributed by atoms with E-state index in [0.29, 0.717) is 13.2 Å². The normalized spacial score (nSPS) is 32.0. The first-order valence-electron chi connectivity index (χ1n) is 3.18. The molecular formula is C8H10O2. The smallest absolute Gasteiger partial charge is 0.147 e. The molecule has 1 aliphatic rings. The highest BCUT2D eigenvalue weighted by Crippen LogP contribution is 2.12. The van der Waals surface area contributed by atoms with Crippen LogP contribution in [0, 0.1) is 12.3 Å². The Labute approximate surface area is 60.8 Å². The van der Waals surface area contributed by atoms with Crippen LogP contribution in [0.4, 0.5) is 0 Å². The molecule has 0 saturated heterocycles. The summed E-state index contributed by atoms with van der Waals surface area (Å²) in [7, 11) is 0. The highest BCUT2D eigenvalue weighted by atomic mass is 16.5. The minimum atomic E-state index is -0.573. The van der Waals surface area contributed by atoms with Crippen molar-refractivity contribution < 1.29 is 9.47 Å². The minimum Gasteiger partial charge on any atom is -0.499 e. The second-order valence-electron chi connectivity index (χ2n) is 2.27. The minimum absolute atomic E-state index is 0.549. The van der Waals surface area contributed by atoms with Crippen LogP contribution in [-0.4, -0.2) is 18.8 Å². The van der Waals surface area contributed by atoms with Gasteiger partial charge in [0.25, 0.3) is 0 Å². The molecule has 0 fully saturated rings. The van der Waals surface area contributed by atoms with Crippen LogP contribution >= 0.6 is 0 Å². The van der Waals surface area contributed by atoms with E-state index in [1.54, 1.807) is 12.3 Å². The molecule has 1 unspecified atom stereocenters. The summed E-state index contributed by atoms with van der Waals surface area (Å²) >= 11 is 0. The predicted molar refractivity (Wildman–Crippen MR) is 38.3 cm³/mol. The van der Waals surface area contributed by atoms with Crippen molar-refractivity contribution in [3.05, 3.63) is 12.3 Å². The first-order valence-corrected chi connectivity index (χ1v) is 3.18. The molecule has 2 nitrogen and oxygen atoms in total. The summed E-state index contributed by atoms with van der Waals surface area (Å²) in [5.74, 6) is 2.53. The fraction of sp³-hybridized carbons (Fsp3) is 0.500. The Balaban J connectivity index is 2.67. The third kappa shape index (κ3) is 1.52. The van der Waals surface area contributed by atoms with Crippen molar-refractivity contribution >= 4 is 0 Å². The molecule has 0 saturated carbocycles. The van der Waals surface area contributed by atoms with E-state index in [9.17, 15) is 0 Å². The Kier molecular flexibility index (Phi) is 1.98. The van der Waals surface area contributed by atoms with Gasteiger partial charge in [0.05, 0.1) is 12.9 Å². The number of rotatable bonds is 0. The van der Waals surface area contributed by atoms with Gasteiger partial charge in [0.15, 0.2) is 0 Å². The Morgan fingerprint density at radius 3 is 3.10 bits per heavy atom. The molecule has 0 aromatic carbocycles. The fourth-order valence-electron chi connectivity index (χ4n) is 0.686. The van der Waals surface area contributed by atoms with Crippen molar-refractivity contribution in [2.45, 2.75) is 12.5 Å². The molecule has 0 aliphatic carbocycles. The van der Waals surface area contributed by atoms with Crippen LogP contribution in [0.2, 0.25) is 0 Å². The molecule has 2 heteroatoms. The molecule has 1 heterocycles. The number of hydrogen-bond acceptors (Lipinski definition) is 2. The van der Waals surface area contributed by atoms with Crippen molar-refractivity contribution in [1.82, 2.24) is 0 Å². The zero-order chi connectivity index (χ0) is 7.45. The van der Waals surface area contributed by atoms with E-state index in [0.717, 1.165) is 0 Å². The van der Waals surface area contributed by atoms with Crippen molar-refractivity contribution in [3.63, 3.8) is 0 Å². The summed E-state index contributed by atoms with van der Waals surface area (Å²) in [6.45, 7) is 2.96. The lowest BCUT2D eigenvalue weighted by molar-refractivity contribution is 0.0355. The predicted octanol–water partition coefficient (Wildman–Crippen LogP) is 0.939. The first-order chi connectivity index (χ1) is 4.77. The van der Waals surface area contributed by atoms with Gasteiger partial charge in [-0.2, -0.15) is 0 Å². The van der Waals surface area contributed by atoms with Gasteiger partial charge in [-0.3, -0.25) is 0 Å². The van der Waals surface area contributed by atoms with Crippen LogP contribution in [0.5, 0.6) is 0 Å². The molecule has 54 valence electrons. The highest BCUT2D eigenvalue weighted by Gasteiger charge is 2.19. The van der Waals surface area contributed by atoms with E-state index in [1.165, 1.54) is 0 Å². The van der Waals surface area contributed by atoms with Gasteiger partial charge < -0.3 is 9.47 Å². The van der Waals surface area contributed by atoms with Gasteiger partial charge in [0.2, 0.25) is 0 Å². The number of terminal acetylenes is 1. The monoisotopic (exact) mass is 138 g/mol. The van der Waals surface area contributed by atoms with Crippen LogP contribution < -0.4 is 0 Å². The molecule has 0 radical (unpaired) electrons. The summed E-state index contributed by atoms with van der Waals surface area (Å²) in [4.78, 5) is 0. The van der Waals surface area contributed by atoms with Crippen LogP contribution in [0.1, 0.15) is 6.92 Å². The van der Waals surface area contributed by atoms with Crippen molar-refractivity contribution in [2.24, 2.45) is 0 Å². The molecular weight excluding hydrogens is 128 g/mol. The van der Waals surface area contributed by atoms with E-state index in [4.69, 9.17) is 15.9 Å². The topological polar surface area (TPSA) is 18.5 Å². The van der Waals surface area contributed by atoms with Gasteiger partial charge in [0, 0.05) is 0 Å². The molecule has 0 aromatic heterocycles. The Bertz CT molecular complexity index is 178. The van der Waals surface area contributed by atoms with E-state index in [1.807, 2.05) is 6.92 Å². The molecule has 0 N–H and O–H groups in total. The van der Waals surface area contributed by atoms with Crippen LogP contribution in [0.15, 0.2) is 12.3 Å². The lowest BCUT2D eigenvalue weighted by Crippen LogP contribution is -2.23. The van der Waals surface area contributed by atoms with E-state index >= 15 is 0 Å². The maximum atomic E-state index is 5.29. The van der Waals surface area contributed by atoms with Crippen LogP contribution in [0.3, 0.4) is 0 Å². The Hall–Kier alpha value is -0.940. The lowest BCUT2D eigenvalue weighted by atomic mass is 10.1. The maximum Gasteiger partial charge on any atom is 0.147 e. The van der Waals surface area contributed by atoms with Gasteiger partial charge in [-0.15, -0.1) is 6.42 Å². The quantitative estimate of drug-likeness (QED) is 0.464. The molecule has 0 spiro atoms. The summed E-state index contributed by atoms with van der Waals surface area (Å²) < 4.78 is 10.3. The molecule has 0 amide bonds. The summed E-state index contributed by atoms with van der Waals surface area (Å²) in [5, 5.41) is 0. The molecule has 0 aromatic rings. The third-order valence-electron chi connectivity index (χ3n) is 1.37. The largest absolute Gasteiger partial charge is 0.499 e. The first kappa shape index (κ1) is 7.17. The number of ether oxygens (including phenoxy) is 2.